The zero-order chi connectivity index (χ0) is 14.3. The second kappa shape index (κ2) is 5.66. The highest BCUT2D eigenvalue weighted by Gasteiger charge is 2.33. The average molecular weight is 417 g/mol. The maximum atomic E-state index is 12.8. The maximum absolute atomic E-state index is 12.8. The van der Waals surface area contributed by atoms with Crippen molar-refractivity contribution >= 4 is 49.4 Å². The van der Waals surface area contributed by atoms with Gasteiger partial charge in [0.1, 0.15) is 0 Å². The molecule has 6 heteroatoms. The molecule has 2 aromatic rings. The van der Waals surface area contributed by atoms with Crippen molar-refractivity contribution in [3.63, 3.8) is 0 Å². The molecule has 20 heavy (non-hydrogen) atoms. The van der Waals surface area contributed by atoms with Crippen LogP contribution in [-0.2, 0) is 0 Å². The van der Waals surface area contributed by atoms with Crippen LogP contribution in [0.1, 0.15) is 40.4 Å². The first kappa shape index (κ1) is 14.4. The molecule has 1 aromatic carbocycles. The van der Waals surface area contributed by atoms with Crippen molar-refractivity contribution < 1.29 is 9.32 Å². The molecule has 0 aliphatic heterocycles. The summed E-state index contributed by atoms with van der Waals surface area (Å²) in [5.74, 6) is 1.08. The molecule has 0 radical (unpaired) electrons. The van der Waals surface area contributed by atoms with Gasteiger partial charge in [-0.15, -0.1) is 11.8 Å². The number of carbonyl (C=O) groups is 1. The first-order valence-corrected chi connectivity index (χ1v) is 8.95. The van der Waals surface area contributed by atoms with Crippen LogP contribution in [0.15, 0.2) is 36.7 Å². The summed E-state index contributed by atoms with van der Waals surface area (Å²) < 4.78 is 7.10. The van der Waals surface area contributed by atoms with E-state index in [2.05, 4.69) is 37.0 Å². The topological polar surface area (TPSA) is 43.1 Å². The summed E-state index contributed by atoms with van der Waals surface area (Å²) in [7, 11) is 0. The van der Waals surface area contributed by atoms with E-state index in [1.54, 1.807) is 11.8 Å². The summed E-state index contributed by atoms with van der Waals surface area (Å²) in [6, 6.07) is 3.72. The second-order valence-electron chi connectivity index (χ2n) is 4.65. The number of carbonyl (C=O) groups excluding carboxylic acids is 1. The highest BCUT2D eigenvalue weighted by atomic mass is 79.9. The van der Waals surface area contributed by atoms with Gasteiger partial charge in [-0.1, -0.05) is 5.16 Å². The van der Waals surface area contributed by atoms with Gasteiger partial charge in [-0.3, -0.25) is 4.79 Å². The van der Waals surface area contributed by atoms with E-state index in [-0.39, 0.29) is 5.78 Å². The van der Waals surface area contributed by atoms with Crippen molar-refractivity contribution in [1.29, 1.82) is 0 Å². The predicted molar refractivity (Wildman–Crippen MR) is 85.5 cm³/mol. The standard InChI is InChI=1S/C14H11Br2NO2S/c1-20-14-8(4-5-10(15)11(14)16)12(18)9-6-17-19-13(9)7-2-3-7/h4-7H,2-3H2,1H3. The molecule has 0 bridgehead atoms. The summed E-state index contributed by atoms with van der Waals surface area (Å²) in [6.07, 6.45) is 5.65. The van der Waals surface area contributed by atoms with Crippen LogP contribution in [0.5, 0.6) is 0 Å². The van der Waals surface area contributed by atoms with E-state index in [1.165, 1.54) is 6.20 Å². The van der Waals surface area contributed by atoms with Crippen LogP contribution < -0.4 is 0 Å². The van der Waals surface area contributed by atoms with E-state index in [1.807, 2.05) is 18.4 Å². The van der Waals surface area contributed by atoms with Gasteiger partial charge in [0, 0.05) is 25.3 Å². The van der Waals surface area contributed by atoms with Gasteiger partial charge >= 0.3 is 0 Å². The molecule has 3 rings (SSSR count). The lowest BCUT2D eigenvalue weighted by molar-refractivity contribution is 0.103. The minimum absolute atomic E-state index is 0.0225. The summed E-state index contributed by atoms with van der Waals surface area (Å²) in [5.41, 5.74) is 1.27. The Morgan fingerprint density at radius 1 is 1.35 bits per heavy atom. The van der Waals surface area contributed by atoms with E-state index < -0.39 is 0 Å². The molecular weight excluding hydrogens is 406 g/mol. The summed E-state index contributed by atoms with van der Waals surface area (Å²) in [5, 5.41) is 3.80. The summed E-state index contributed by atoms with van der Waals surface area (Å²) >= 11 is 8.53. The second-order valence-corrected chi connectivity index (χ2v) is 7.11. The van der Waals surface area contributed by atoms with Gasteiger partial charge in [-0.25, -0.2) is 0 Å². The monoisotopic (exact) mass is 415 g/mol. The van der Waals surface area contributed by atoms with Crippen LogP contribution in [0.4, 0.5) is 0 Å². The Morgan fingerprint density at radius 2 is 2.10 bits per heavy atom. The SMILES string of the molecule is CSc1c(C(=O)c2cnoc2C2CC2)ccc(Br)c1Br. The van der Waals surface area contributed by atoms with E-state index in [0.717, 1.165) is 32.4 Å². The zero-order valence-corrected chi connectivity index (χ0v) is 14.6. The first-order chi connectivity index (χ1) is 9.63. The Kier molecular flexibility index (Phi) is 4.06. The molecule has 3 nitrogen and oxygen atoms in total. The molecule has 1 aliphatic carbocycles. The van der Waals surface area contributed by atoms with Crippen LogP contribution in [0, 0.1) is 0 Å². The largest absolute Gasteiger partial charge is 0.360 e. The van der Waals surface area contributed by atoms with E-state index in [9.17, 15) is 4.79 Å². The quantitative estimate of drug-likeness (QED) is 0.517. The van der Waals surface area contributed by atoms with Crippen LogP contribution in [0.3, 0.4) is 0 Å². The third-order valence-electron chi connectivity index (χ3n) is 3.29. The molecule has 0 spiro atoms. The first-order valence-electron chi connectivity index (χ1n) is 6.14. The number of thioether (sulfide) groups is 1. The highest BCUT2D eigenvalue weighted by molar-refractivity contribution is 9.13. The molecule has 1 heterocycles. The van der Waals surface area contributed by atoms with E-state index >= 15 is 0 Å². The molecule has 1 aromatic heterocycles. The maximum Gasteiger partial charge on any atom is 0.199 e. The van der Waals surface area contributed by atoms with Crippen LogP contribution in [-0.4, -0.2) is 17.2 Å². The van der Waals surface area contributed by atoms with E-state index in [0.29, 0.717) is 17.0 Å². The van der Waals surface area contributed by atoms with Gasteiger partial charge in [0.15, 0.2) is 11.5 Å². The Bertz CT molecular complexity index is 680. The summed E-state index contributed by atoms with van der Waals surface area (Å²) in [4.78, 5) is 13.7. The van der Waals surface area contributed by atoms with Gasteiger partial charge in [0.05, 0.1) is 11.8 Å². The third-order valence-corrected chi connectivity index (χ3v) is 6.40. The molecule has 0 amide bonds. The predicted octanol–water partition coefficient (Wildman–Crippen LogP) is 5.03. The van der Waals surface area contributed by atoms with Gasteiger partial charge in [0.25, 0.3) is 0 Å². The fourth-order valence-corrected chi connectivity index (χ4v) is 4.08. The Morgan fingerprint density at radius 3 is 2.75 bits per heavy atom. The third kappa shape index (κ3) is 2.49. The molecule has 0 N–H and O–H groups in total. The number of halogens is 2. The number of rotatable bonds is 4. The van der Waals surface area contributed by atoms with Gasteiger partial charge < -0.3 is 4.52 Å². The number of nitrogens with zero attached hydrogens (tertiary/aromatic N) is 1. The Balaban J connectivity index is 2.06. The average Bonchev–Trinajstić information content (AvgIpc) is 3.18. The highest BCUT2D eigenvalue weighted by Crippen LogP contribution is 2.43. The molecule has 0 atom stereocenters. The van der Waals surface area contributed by atoms with Crippen molar-refractivity contribution in [2.75, 3.05) is 6.26 Å². The Labute approximate surface area is 137 Å². The summed E-state index contributed by atoms with van der Waals surface area (Å²) in [6.45, 7) is 0. The van der Waals surface area contributed by atoms with Crippen molar-refractivity contribution in [2.45, 2.75) is 23.7 Å². The van der Waals surface area contributed by atoms with Gasteiger partial charge in [-0.05, 0) is 63.1 Å². The lowest BCUT2D eigenvalue weighted by atomic mass is 10.0. The molecule has 0 saturated heterocycles. The van der Waals surface area contributed by atoms with Crippen molar-refractivity contribution in [2.24, 2.45) is 0 Å². The van der Waals surface area contributed by atoms with E-state index in [4.69, 9.17) is 4.52 Å². The molecule has 1 aliphatic rings. The number of hydrogen-bond donors (Lipinski definition) is 0. The van der Waals surface area contributed by atoms with Gasteiger partial charge in [-0.2, -0.15) is 0 Å². The molecule has 104 valence electrons. The number of aromatic nitrogens is 1. The van der Waals surface area contributed by atoms with Gasteiger partial charge in [0.2, 0.25) is 0 Å². The lowest BCUT2D eigenvalue weighted by Gasteiger charge is -2.09. The smallest absolute Gasteiger partial charge is 0.199 e. The van der Waals surface area contributed by atoms with Crippen molar-refractivity contribution in [3.05, 3.63) is 44.2 Å². The minimum Gasteiger partial charge on any atom is -0.360 e. The molecule has 1 fully saturated rings. The van der Waals surface area contributed by atoms with Crippen LogP contribution >= 0.6 is 43.6 Å². The fourth-order valence-electron chi connectivity index (χ4n) is 2.11. The van der Waals surface area contributed by atoms with Crippen LogP contribution in [0.25, 0.3) is 0 Å². The Hall–Kier alpha value is -0.590. The zero-order valence-electron chi connectivity index (χ0n) is 10.7. The fraction of sp³-hybridized carbons (Fsp3) is 0.286. The normalized spacial score (nSPS) is 14.6. The molecule has 0 unspecified atom stereocenters. The lowest BCUT2D eigenvalue weighted by Crippen LogP contribution is -2.05. The molecular formula is C14H11Br2NO2S. The number of ketones is 1. The molecule has 1 saturated carbocycles. The number of benzene rings is 1. The van der Waals surface area contributed by atoms with Crippen molar-refractivity contribution in [1.82, 2.24) is 5.16 Å². The minimum atomic E-state index is -0.0225. The number of hydrogen-bond acceptors (Lipinski definition) is 4. The van der Waals surface area contributed by atoms with Crippen molar-refractivity contribution in [3.8, 4) is 0 Å². The van der Waals surface area contributed by atoms with Crippen LogP contribution in [0.2, 0.25) is 0 Å².